The molecule has 0 radical (unpaired) electrons. The Labute approximate surface area is 152 Å². The number of rotatable bonds is 5. The van der Waals surface area contributed by atoms with E-state index in [2.05, 4.69) is 10.4 Å². The van der Waals surface area contributed by atoms with Gasteiger partial charge in [0.15, 0.2) is 5.69 Å². The Bertz CT molecular complexity index is 1120. The molecule has 4 N–H and O–H groups in total. The fourth-order valence-corrected chi connectivity index (χ4v) is 2.55. The van der Waals surface area contributed by atoms with Crippen molar-refractivity contribution in [3.05, 3.63) is 70.1 Å². The van der Waals surface area contributed by atoms with E-state index in [0.717, 1.165) is 4.68 Å². The second kappa shape index (κ2) is 7.08. The molecule has 2 aromatic carbocycles. The Balaban J connectivity index is 1.88. The lowest BCUT2D eigenvalue weighted by atomic mass is 10.1. The number of hydrogen-bond donors (Lipinski definition) is 3. The first-order chi connectivity index (χ1) is 12.9. The van der Waals surface area contributed by atoms with Crippen molar-refractivity contribution < 1.29 is 19.5 Å². The fraction of sp³-hybridized carbons (Fsp3) is 0.0556. The van der Waals surface area contributed by atoms with Gasteiger partial charge in [-0.3, -0.25) is 14.4 Å². The van der Waals surface area contributed by atoms with Gasteiger partial charge < -0.3 is 16.2 Å². The first kappa shape index (κ1) is 17.8. The topological polar surface area (TPSA) is 144 Å². The van der Waals surface area contributed by atoms with Crippen molar-refractivity contribution in [2.24, 2.45) is 5.73 Å². The number of carbonyl (C=O) groups excluding carboxylic acids is 2. The molecule has 0 saturated carbocycles. The summed E-state index contributed by atoms with van der Waals surface area (Å²) in [5.74, 6) is -2.48. The minimum absolute atomic E-state index is 0.156. The Morgan fingerprint density at radius 1 is 1.04 bits per heavy atom. The molecule has 9 heteroatoms. The van der Waals surface area contributed by atoms with Gasteiger partial charge in [0.05, 0.1) is 5.39 Å². The first-order valence-electron chi connectivity index (χ1n) is 7.79. The zero-order chi connectivity index (χ0) is 19.6. The molecule has 2 amide bonds. The Morgan fingerprint density at radius 2 is 1.67 bits per heavy atom. The summed E-state index contributed by atoms with van der Waals surface area (Å²) in [7, 11) is 0. The number of aromatic carboxylic acids is 1. The van der Waals surface area contributed by atoms with Crippen molar-refractivity contribution >= 4 is 34.2 Å². The van der Waals surface area contributed by atoms with E-state index in [9.17, 15) is 24.3 Å². The number of carboxylic acids is 1. The minimum Gasteiger partial charge on any atom is -0.476 e. The molecule has 136 valence electrons. The summed E-state index contributed by atoms with van der Waals surface area (Å²) >= 11 is 0. The molecular formula is C18H14N4O5. The van der Waals surface area contributed by atoms with E-state index in [4.69, 9.17) is 5.73 Å². The van der Waals surface area contributed by atoms with E-state index in [1.54, 1.807) is 12.1 Å². The predicted molar refractivity (Wildman–Crippen MR) is 96.6 cm³/mol. The standard InChI is InChI=1S/C18H14N4O5/c19-16(24)10-5-7-11(8-6-10)20-14(23)9-22-17(25)13-4-2-1-3-12(13)15(21-22)18(26)27/h1-8H,9H2,(H2,19,24)(H,20,23)(H,26,27). The maximum atomic E-state index is 12.5. The molecule has 0 aliphatic rings. The summed E-state index contributed by atoms with van der Waals surface area (Å²) < 4.78 is 0.804. The maximum absolute atomic E-state index is 12.5. The lowest BCUT2D eigenvalue weighted by Gasteiger charge is -2.09. The lowest BCUT2D eigenvalue weighted by Crippen LogP contribution is -2.31. The SMILES string of the molecule is NC(=O)c1ccc(NC(=O)Cn2nc(C(=O)O)c3ccccc3c2=O)cc1. The molecule has 0 unspecified atom stereocenters. The van der Waals surface area contributed by atoms with Crippen LogP contribution in [0.25, 0.3) is 10.8 Å². The normalized spacial score (nSPS) is 10.5. The Kier molecular flexibility index (Phi) is 4.67. The van der Waals surface area contributed by atoms with Crippen LogP contribution in [0.4, 0.5) is 5.69 Å². The van der Waals surface area contributed by atoms with E-state index in [1.165, 1.54) is 36.4 Å². The van der Waals surface area contributed by atoms with Crippen LogP contribution in [-0.4, -0.2) is 32.7 Å². The molecule has 1 aromatic heterocycles. The van der Waals surface area contributed by atoms with Crippen LogP contribution in [0.15, 0.2) is 53.3 Å². The molecule has 9 nitrogen and oxygen atoms in total. The van der Waals surface area contributed by atoms with Crippen LogP contribution in [0, 0.1) is 0 Å². The molecule has 0 bridgehead atoms. The summed E-state index contributed by atoms with van der Waals surface area (Å²) in [5, 5.41) is 16.0. The average Bonchev–Trinajstić information content (AvgIpc) is 2.64. The summed E-state index contributed by atoms with van der Waals surface area (Å²) in [6.45, 7) is -0.471. The monoisotopic (exact) mass is 366 g/mol. The number of carbonyl (C=O) groups is 3. The number of amides is 2. The summed E-state index contributed by atoms with van der Waals surface area (Å²) in [6.07, 6.45) is 0. The van der Waals surface area contributed by atoms with Crippen molar-refractivity contribution in [3.8, 4) is 0 Å². The number of primary amides is 1. The molecule has 3 rings (SSSR count). The van der Waals surface area contributed by atoms with Crippen molar-refractivity contribution in [2.45, 2.75) is 6.54 Å². The number of nitrogens with two attached hydrogens (primary N) is 1. The largest absolute Gasteiger partial charge is 0.476 e. The molecular weight excluding hydrogens is 352 g/mol. The van der Waals surface area contributed by atoms with Crippen molar-refractivity contribution in [3.63, 3.8) is 0 Å². The highest BCUT2D eigenvalue weighted by Gasteiger charge is 2.17. The third-order valence-electron chi connectivity index (χ3n) is 3.82. The van der Waals surface area contributed by atoms with Crippen LogP contribution < -0.4 is 16.6 Å². The van der Waals surface area contributed by atoms with Gasteiger partial charge in [-0.25, -0.2) is 9.48 Å². The van der Waals surface area contributed by atoms with Gasteiger partial charge >= 0.3 is 5.97 Å². The summed E-state index contributed by atoms with van der Waals surface area (Å²) in [4.78, 5) is 47.2. The molecule has 0 spiro atoms. The van der Waals surface area contributed by atoms with E-state index < -0.39 is 29.9 Å². The summed E-state index contributed by atoms with van der Waals surface area (Å²) in [5.41, 5.74) is 4.93. The minimum atomic E-state index is -1.30. The predicted octanol–water partition coefficient (Wildman–Crippen LogP) is 0.832. The molecule has 3 aromatic rings. The third-order valence-corrected chi connectivity index (χ3v) is 3.82. The molecule has 0 aliphatic heterocycles. The van der Waals surface area contributed by atoms with Crippen molar-refractivity contribution in [1.82, 2.24) is 9.78 Å². The smallest absolute Gasteiger partial charge is 0.357 e. The number of carboxylic acid groups (broad SMARTS) is 1. The van der Waals surface area contributed by atoms with Gasteiger partial charge in [0.2, 0.25) is 11.8 Å². The molecule has 1 heterocycles. The van der Waals surface area contributed by atoms with Gasteiger partial charge in [-0.15, -0.1) is 0 Å². The molecule has 0 aliphatic carbocycles. The molecule has 0 atom stereocenters. The van der Waals surface area contributed by atoms with E-state index >= 15 is 0 Å². The van der Waals surface area contributed by atoms with E-state index in [1.807, 2.05) is 0 Å². The van der Waals surface area contributed by atoms with Crippen LogP contribution in [0.2, 0.25) is 0 Å². The van der Waals surface area contributed by atoms with Crippen LogP contribution in [-0.2, 0) is 11.3 Å². The zero-order valence-corrected chi connectivity index (χ0v) is 13.9. The molecule has 0 fully saturated rings. The number of hydrogen-bond acceptors (Lipinski definition) is 5. The van der Waals surface area contributed by atoms with Gasteiger partial charge in [-0.2, -0.15) is 5.10 Å². The summed E-state index contributed by atoms with van der Waals surface area (Å²) in [6, 6.07) is 12.0. The number of fused-ring (bicyclic) bond motifs is 1. The zero-order valence-electron chi connectivity index (χ0n) is 13.9. The van der Waals surface area contributed by atoms with Crippen LogP contribution in [0.3, 0.4) is 0 Å². The van der Waals surface area contributed by atoms with Crippen LogP contribution >= 0.6 is 0 Å². The fourth-order valence-electron chi connectivity index (χ4n) is 2.55. The van der Waals surface area contributed by atoms with Crippen molar-refractivity contribution in [1.29, 1.82) is 0 Å². The maximum Gasteiger partial charge on any atom is 0.357 e. The number of nitrogens with zero attached hydrogens (tertiary/aromatic N) is 2. The van der Waals surface area contributed by atoms with E-state index in [-0.39, 0.29) is 22.0 Å². The number of nitrogens with one attached hydrogen (secondary N) is 1. The third kappa shape index (κ3) is 3.66. The number of aromatic nitrogens is 2. The quantitative estimate of drug-likeness (QED) is 0.610. The van der Waals surface area contributed by atoms with Crippen LogP contribution in [0.1, 0.15) is 20.8 Å². The van der Waals surface area contributed by atoms with Gasteiger partial charge in [-0.05, 0) is 30.3 Å². The molecule has 27 heavy (non-hydrogen) atoms. The lowest BCUT2D eigenvalue weighted by molar-refractivity contribution is -0.117. The Hall–Kier alpha value is -4.01. The van der Waals surface area contributed by atoms with Crippen molar-refractivity contribution in [2.75, 3.05) is 5.32 Å². The van der Waals surface area contributed by atoms with Crippen LogP contribution in [0.5, 0.6) is 0 Å². The van der Waals surface area contributed by atoms with Gasteiger partial charge in [0, 0.05) is 16.6 Å². The van der Waals surface area contributed by atoms with Gasteiger partial charge in [0.1, 0.15) is 6.54 Å². The van der Waals surface area contributed by atoms with Gasteiger partial charge in [0.25, 0.3) is 5.56 Å². The number of benzene rings is 2. The second-order valence-electron chi connectivity index (χ2n) is 5.65. The number of anilines is 1. The first-order valence-corrected chi connectivity index (χ1v) is 7.79. The van der Waals surface area contributed by atoms with E-state index in [0.29, 0.717) is 5.69 Å². The highest BCUT2D eigenvalue weighted by Crippen LogP contribution is 2.13. The molecule has 0 saturated heterocycles. The highest BCUT2D eigenvalue weighted by atomic mass is 16.4. The second-order valence-corrected chi connectivity index (χ2v) is 5.65. The Morgan fingerprint density at radius 3 is 2.26 bits per heavy atom. The van der Waals surface area contributed by atoms with Gasteiger partial charge in [-0.1, -0.05) is 18.2 Å². The highest BCUT2D eigenvalue weighted by molar-refractivity contribution is 6.01. The average molecular weight is 366 g/mol.